The zero-order valence-corrected chi connectivity index (χ0v) is 8.67. The molecule has 0 atom stereocenters. The highest BCUT2D eigenvalue weighted by atomic mass is 19.1. The monoisotopic (exact) mass is 209 g/mol. The van der Waals surface area contributed by atoms with Crippen molar-refractivity contribution in [3.05, 3.63) is 29.6 Å². The fourth-order valence-corrected chi connectivity index (χ4v) is 1.93. The van der Waals surface area contributed by atoms with E-state index in [-0.39, 0.29) is 5.82 Å². The highest BCUT2D eigenvalue weighted by Gasteiger charge is 2.13. The van der Waals surface area contributed by atoms with Crippen LogP contribution in [0.4, 0.5) is 10.1 Å². The van der Waals surface area contributed by atoms with Gasteiger partial charge in [0, 0.05) is 38.4 Å². The summed E-state index contributed by atoms with van der Waals surface area (Å²) in [6.45, 7) is 4.25. The molecule has 1 fully saturated rings. The van der Waals surface area contributed by atoms with Crippen molar-refractivity contribution in [1.29, 1.82) is 0 Å². The molecule has 0 bridgehead atoms. The van der Waals surface area contributed by atoms with Crippen LogP contribution in [-0.2, 0) is 6.54 Å². The second-order valence-electron chi connectivity index (χ2n) is 3.71. The lowest BCUT2D eigenvalue weighted by Crippen LogP contribution is -2.44. The smallest absolute Gasteiger partial charge is 0.123 e. The Hall–Kier alpha value is -1.13. The largest absolute Gasteiger partial charge is 0.369 e. The molecule has 82 valence electrons. The highest BCUT2D eigenvalue weighted by Crippen LogP contribution is 2.21. The lowest BCUT2D eigenvalue weighted by Gasteiger charge is -2.31. The third-order valence-corrected chi connectivity index (χ3v) is 2.72. The van der Waals surface area contributed by atoms with Gasteiger partial charge in [-0.1, -0.05) is 0 Å². The number of nitrogens with one attached hydrogen (secondary N) is 1. The molecule has 4 heteroatoms. The standard InChI is InChI=1S/C11H16FN3/c12-10-1-2-11(9(7-10)8-13)15-5-3-14-4-6-15/h1-2,7,14H,3-6,8,13H2. The minimum Gasteiger partial charge on any atom is -0.369 e. The zero-order valence-electron chi connectivity index (χ0n) is 8.67. The van der Waals surface area contributed by atoms with Crippen LogP contribution in [0, 0.1) is 5.82 Å². The van der Waals surface area contributed by atoms with E-state index < -0.39 is 0 Å². The number of rotatable bonds is 2. The topological polar surface area (TPSA) is 41.3 Å². The van der Waals surface area contributed by atoms with Gasteiger partial charge in [0.1, 0.15) is 5.82 Å². The van der Waals surface area contributed by atoms with E-state index in [4.69, 9.17) is 5.73 Å². The van der Waals surface area contributed by atoms with E-state index in [9.17, 15) is 4.39 Å². The van der Waals surface area contributed by atoms with Crippen molar-refractivity contribution >= 4 is 5.69 Å². The van der Waals surface area contributed by atoms with Crippen molar-refractivity contribution in [2.45, 2.75) is 6.54 Å². The Morgan fingerprint density at radius 3 is 2.73 bits per heavy atom. The molecule has 2 rings (SSSR count). The molecular weight excluding hydrogens is 193 g/mol. The summed E-state index contributed by atoms with van der Waals surface area (Å²) in [4.78, 5) is 2.25. The quantitative estimate of drug-likeness (QED) is 0.753. The second-order valence-corrected chi connectivity index (χ2v) is 3.71. The summed E-state index contributed by atoms with van der Waals surface area (Å²) in [5.41, 5.74) is 7.57. The summed E-state index contributed by atoms with van der Waals surface area (Å²) < 4.78 is 13.0. The first-order chi connectivity index (χ1) is 7.31. The van der Waals surface area contributed by atoms with Crippen molar-refractivity contribution in [2.75, 3.05) is 31.1 Å². The zero-order chi connectivity index (χ0) is 10.7. The Bertz CT molecular complexity index is 335. The SMILES string of the molecule is NCc1cc(F)ccc1N1CCNCC1. The van der Waals surface area contributed by atoms with Gasteiger partial charge in [-0.3, -0.25) is 0 Å². The van der Waals surface area contributed by atoms with Gasteiger partial charge in [-0.2, -0.15) is 0 Å². The Morgan fingerprint density at radius 1 is 1.33 bits per heavy atom. The Balaban J connectivity index is 2.25. The van der Waals surface area contributed by atoms with Crippen molar-refractivity contribution in [3.8, 4) is 0 Å². The van der Waals surface area contributed by atoms with Crippen molar-refractivity contribution in [3.63, 3.8) is 0 Å². The van der Waals surface area contributed by atoms with Gasteiger partial charge < -0.3 is 16.0 Å². The number of hydrogen-bond acceptors (Lipinski definition) is 3. The maximum absolute atomic E-state index is 13.0. The number of nitrogens with two attached hydrogens (primary N) is 1. The normalized spacial score (nSPS) is 16.8. The molecule has 1 aromatic carbocycles. The first-order valence-electron chi connectivity index (χ1n) is 5.25. The molecule has 0 saturated carbocycles. The average molecular weight is 209 g/mol. The average Bonchev–Trinajstić information content (AvgIpc) is 2.30. The van der Waals surface area contributed by atoms with Crippen LogP contribution in [0.25, 0.3) is 0 Å². The Morgan fingerprint density at radius 2 is 2.07 bits per heavy atom. The fraction of sp³-hybridized carbons (Fsp3) is 0.455. The molecule has 0 aromatic heterocycles. The molecular formula is C11H16FN3. The van der Waals surface area contributed by atoms with Gasteiger partial charge >= 0.3 is 0 Å². The highest BCUT2D eigenvalue weighted by molar-refractivity contribution is 5.54. The second kappa shape index (κ2) is 4.59. The lowest BCUT2D eigenvalue weighted by atomic mass is 10.1. The van der Waals surface area contributed by atoms with Crippen LogP contribution in [0.3, 0.4) is 0 Å². The number of piperazine rings is 1. The number of halogens is 1. The van der Waals surface area contributed by atoms with Crippen LogP contribution >= 0.6 is 0 Å². The van der Waals surface area contributed by atoms with Crippen molar-refractivity contribution < 1.29 is 4.39 Å². The van der Waals surface area contributed by atoms with Gasteiger partial charge in [0.05, 0.1) is 0 Å². The molecule has 3 N–H and O–H groups in total. The third kappa shape index (κ3) is 2.27. The van der Waals surface area contributed by atoms with Crippen LogP contribution in [-0.4, -0.2) is 26.2 Å². The summed E-state index contributed by atoms with van der Waals surface area (Å²) in [7, 11) is 0. The molecule has 1 saturated heterocycles. The van der Waals surface area contributed by atoms with E-state index in [0.717, 1.165) is 37.4 Å². The van der Waals surface area contributed by atoms with Gasteiger partial charge in [-0.15, -0.1) is 0 Å². The molecule has 1 aromatic rings. The van der Waals surface area contributed by atoms with E-state index in [1.807, 2.05) is 6.07 Å². The number of anilines is 1. The molecule has 1 heterocycles. The predicted molar refractivity (Wildman–Crippen MR) is 59.4 cm³/mol. The van der Waals surface area contributed by atoms with E-state index >= 15 is 0 Å². The first-order valence-corrected chi connectivity index (χ1v) is 5.25. The number of benzene rings is 1. The van der Waals surface area contributed by atoms with Gasteiger partial charge in [-0.05, 0) is 23.8 Å². The summed E-state index contributed by atoms with van der Waals surface area (Å²) in [5.74, 6) is -0.214. The molecule has 0 amide bonds. The number of nitrogens with zero attached hydrogens (tertiary/aromatic N) is 1. The van der Waals surface area contributed by atoms with E-state index in [2.05, 4.69) is 10.2 Å². The van der Waals surface area contributed by atoms with Crippen LogP contribution < -0.4 is 16.0 Å². The fourth-order valence-electron chi connectivity index (χ4n) is 1.93. The van der Waals surface area contributed by atoms with Crippen molar-refractivity contribution in [2.24, 2.45) is 5.73 Å². The maximum Gasteiger partial charge on any atom is 0.123 e. The molecule has 1 aliphatic rings. The van der Waals surface area contributed by atoms with E-state index in [1.165, 1.54) is 12.1 Å². The lowest BCUT2D eigenvalue weighted by molar-refractivity contribution is 0.585. The molecule has 1 aliphatic heterocycles. The van der Waals surface area contributed by atoms with Gasteiger partial charge in [0.15, 0.2) is 0 Å². The molecule has 0 unspecified atom stereocenters. The molecule has 0 radical (unpaired) electrons. The summed E-state index contributed by atoms with van der Waals surface area (Å²) >= 11 is 0. The van der Waals surface area contributed by atoms with Crippen LogP contribution in [0.2, 0.25) is 0 Å². The number of hydrogen-bond donors (Lipinski definition) is 2. The predicted octanol–water partition coefficient (Wildman–Crippen LogP) is 0.694. The van der Waals surface area contributed by atoms with Crippen LogP contribution in [0.5, 0.6) is 0 Å². The molecule has 0 aliphatic carbocycles. The van der Waals surface area contributed by atoms with Crippen LogP contribution in [0.1, 0.15) is 5.56 Å². The van der Waals surface area contributed by atoms with Crippen LogP contribution in [0.15, 0.2) is 18.2 Å². The summed E-state index contributed by atoms with van der Waals surface area (Å²) in [6.07, 6.45) is 0. The molecule has 15 heavy (non-hydrogen) atoms. The molecule has 3 nitrogen and oxygen atoms in total. The maximum atomic E-state index is 13.0. The minimum atomic E-state index is -0.214. The Labute approximate surface area is 89.1 Å². The third-order valence-electron chi connectivity index (χ3n) is 2.72. The van der Waals surface area contributed by atoms with Gasteiger partial charge in [0.25, 0.3) is 0 Å². The molecule has 0 spiro atoms. The summed E-state index contributed by atoms with van der Waals surface area (Å²) in [5, 5.41) is 3.29. The van der Waals surface area contributed by atoms with Crippen molar-refractivity contribution in [1.82, 2.24) is 5.32 Å². The Kier molecular flexibility index (Phi) is 3.18. The first kappa shape index (κ1) is 10.4. The minimum absolute atomic E-state index is 0.214. The van der Waals surface area contributed by atoms with E-state index in [1.54, 1.807) is 0 Å². The van der Waals surface area contributed by atoms with Gasteiger partial charge in [-0.25, -0.2) is 4.39 Å². The summed E-state index contributed by atoms with van der Waals surface area (Å²) in [6, 6.07) is 4.84. The van der Waals surface area contributed by atoms with E-state index in [0.29, 0.717) is 6.54 Å². The van der Waals surface area contributed by atoms with Gasteiger partial charge in [0.2, 0.25) is 0 Å².